The molecular weight excluding hydrogens is 446 g/mol. The molecule has 1 heterocycles. The molecule has 0 saturated carbocycles. The number of para-hydroxylation sites is 2. The summed E-state index contributed by atoms with van der Waals surface area (Å²) in [4.78, 5) is 25.8. The zero-order valence-electron chi connectivity index (χ0n) is 19.0. The number of nitriles is 1. The van der Waals surface area contributed by atoms with Gasteiger partial charge in [0.1, 0.15) is 13.2 Å². The maximum atomic E-state index is 13.3. The molecule has 0 bridgehead atoms. The first kappa shape index (κ1) is 23.4. The SMILES string of the molecule is COc1ccccc1OCC1=C(C(=O)OCc2cccc(C#N)c2)C(c2ccccc2)NC(=O)N1. The molecule has 0 aromatic heterocycles. The van der Waals surface area contributed by atoms with E-state index in [1.54, 1.807) is 42.5 Å². The monoisotopic (exact) mass is 469 g/mol. The highest BCUT2D eigenvalue weighted by molar-refractivity contribution is 5.95. The van der Waals surface area contributed by atoms with E-state index in [4.69, 9.17) is 19.5 Å². The van der Waals surface area contributed by atoms with Crippen molar-refractivity contribution in [2.45, 2.75) is 12.6 Å². The molecule has 0 aliphatic carbocycles. The molecule has 0 fully saturated rings. The Hall–Kier alpha value is -4.77. The molecule has 1 unspecified atom stereocenters. The standard InChI is InChI=1S/C27H23N3O5/c1-33-22-12-5-6-13-23(22)34-17-21-24(25(30-27(32)29-21)20-10-3-2-4-11-20)26(31)35-16-19-9-7-8-18(14-19)15-28/h2-14,25H,16-17H2,1H3,(H2,29,30,32). The average molecular weight is 469 g/mol. The molecule has 1 aliphatic heterocycles. The number of urea groups is 1. The summed E-state index contributed by atoms with van der Waals surface area (Å²) in [6.45, 7) is -0.126. The molecule has 3 aromatic rings. The number of benzene rings is 3. The second-order valence-corrected chi connectivity index (χ2v) is 7.66. The molecule has 3 aromatic carbocycles. The minimum absolute atomic E-state index is 0.0338. The van der Waals surface area contributed by atoms with Gasteiger partial charge >= 0.3 is 12.0 Å². The largest absolute Gasteiger partial charge is 0.493 e. The fourth-order valence-electron chi connectivity index (χ4n) is 3.71. The molecule has 0 spiro atoms. The van der Waals surface area contributed by atoms with E-state index in [1.165, 1.54) is 7.11 Å². The van der Waals surface area contributed by atoms with Gasteiger partial charge in [-0.15, -0.1) is 0 Å². The van der Waals surface area contributed by atoms with Gasteiger partial charge in [-0.2, -0.15) is 5.26 Å². The number of amides is 2. The Morgan fingerprint density at radius 1 is 0.971 bits per heavy atom. The second kappa shape index (κ2) is 10.9. The number of nitrogens with zero attached hydrogens (tertiary/aromatic N) is 1. The molecule has 176 valence electrons. The number of hydrogen-bond acceptors (Lipinski definition) is 6. The minimum Gasteiger partial charge on any atom is -0.493 e. The molecule has 1 atom stereocenters. The summed E-state index contributed by atoms with van der Waals surface area (Å²) in [5.41, 5.74) is 2.37. The highest BCUT2D eigenvalue weighted by Gasteiger charge is 2.34. The minimum atomic E-state index is -0.737. The van der Waals surface area contributed by atoms with Crippen molar-refractivity contribution in [2.24, 2.45) is 0 Å². The van der Waals surface area contributed by atoms with E-state index in [1.807, 2.05) is 36.4 Å². The van der Waals surface area contributed by atoms with Crippen LogP contribution in [0.25, 0.3) is 0 Å². The first-order valence-electron chi connectivity index (χ1n) is 10.9. The van der Waals surface area contributed by atoms with Crippen LogP contribution in [0.5, 0.6) is 11.5 Å². The molecule has 2 N–H and O–H groups in total. The quantitative estimate of drug-likeness (QED) is 0.483. The summed E-state index contributed by atoms with van der Waals surface area (Å²) in [6, 6.07) is 23.9. The van der Waals surface area contributed by atoms with Gasteiger partial charge < -0.3 is 24.8 Å². The van der Waals surface area contributed by atoms with Gasteiger partial charge in [0.25, 0.3) is 0 Å². The Kier molecular flexibility index (Phi) is 7.28. The summed E-state index contributed by atoms with van der Waals surface area (Å²) >= 11 is 0. The normalized spacial score (nSPS) is 14.9. The number of rotatable bonds is 8. The van der Waals surface area contributed by atoms with E-state index in [9.17, 15) is 9.59 Å². The lowest BCUT2D eigenvalue weighted by Crippen LogP contribution is -2.47. The van der Waals surface area contributed by atoms with Crippen molar-refractivity contribution in [1.82, 2.24) is 10.6 Å². The van der Waals surface area contributed by atoms with E-state index in [2.05, 4.69) is 16.7 Å². The van der Waals surface area contributed by atoms with Crippen LogP contribution in [-0.4, -0.2) is 25.7 Å². The lowest BCUT2D eigenvalue weighted by atomic mass is 9.95. The maximum Gasteiger partial charge on any atom is 0.338 e. The molecule has 35 heavy (non-hydrogen) atoms. The van der Waals surface area contributed by atoms with E-state index in [-0.39, 0.29) is 24.5 Å². The molecule has 8 heteroatoms. The van der Waals surface area contributed by atoms with Crippen LogP contribution in [0, 0.1) is 11.3 Å². The summed E-state index contributed by atoms with van der Waals surface area (Å²) in [7, 11) is 1.53. The predicted octanol–water partition coefficient (Wildman–Crippen LogP) is 4.00. The Bertz CT molecular complexity index is 1300. The van der Waals surface area contributed by atoms with E-state index in [0.717, 1.165) is 5.56 Å². The van der Waals surface area contributed by atoms with Crippen molar-refractivity contribution >= 4 is 12.0 Å². The van der Waals surface area contributed by atoms with Crippen LogP contribution in [0.3, 0.4) is 0 Å². The molecule has 2 amide bonds. The van der Waals surface area contributed by atoms with Gasteiger partial charge in [0.05, 0.1) is 36.1 Å². The third kappa shape index (κ3) is 5.60. The Morgan fingerprint density at radius 3 is 2.46 bits per heavy atom. The highest BCUT2D eigenvalue weighted by Crippen LogP contribution is 2.30. The number of nitrogens with one attached hydrogen (secondary N) is 2. The smallest absolute Gasteiger partial charge is 0.338 e. The average Bonchev–Trinajstić information content (AvgIpc) is 2.91. The molecule has 0 saturated heterocycles. The van der Waals surface area contributed by atoms with Gasteiger partial charge in [-0.25, -0.2) is 9.59 Å². The van der Waals surface area contributed by atoms with Crippen LogP contribution in [-0.2, 0) is 16.1 Å². The Morgan fingerprint density at radius 2 is 1.71 bits per heavy atom. The summed E-state index contributed by atoms with van der Waals surface area (Å²) < 4.78 is 16.8. The van der Waals surface area contributed by atoms with Crippen molar-refractivity contribution in [2.75, 3.05) is 13.7 Å². The number of carbonyl (C=O) groups excluding carboxylic acids is 2. The van der Waals surface area contributed by atoms with Crippen LogP contribution in [0.1, 0.15) is 22.7 Å². The van der Waals surface area contributed by atoms with Gasteiger partial charge in [0.15, 0.2) is 11.5 Å². The van der Waals surface area contributed by atoms with Crippen LogP contribution in [0.4, 0.5) is 4.79 Å². The highest BCUT2D eigenvalue weighted by atomic mass is 16.5. The molecule has 8 nitrogen and oxygen atoms in total. The van der Waals surface area contributed by atoms with Crippen molar-refractivity contribution in [3.8, 4) is 17.6 Å². The second-order valence-electron chi connectivity index (χ2n) is 7.66. The first-order chi connectivity index (χ1) is 17.1. The van der Waals surface area contributed by atoms with Gasteiger partial charge in [-0.05, 0) is 35.4 Å². The van der Waals surface area contributed by atoms with Crippen molar-refractivity contribution in [3.63, 3.8) is 0 Å². The van der Waals surface area contributed by atoms with E-state index < -0.39 is 18.0 Å². The molecule has 4 rings (SSSR count). The third-order valence-electron chi connectivity index (χ3n) is 5.37. The summed E-state index contributed by atoms with van der Waals surface area (Å²) in [6.07, 6.45) is 0. The van der Waals surface area contributed by atoms with E-state index in [0.29, 0.717) is 22.6 Å². The van der Waals surface area contributed by atoms with Crippen LogP contribution in [0.15, 0.2) is 90.1 Å². The van der Waals surface area contributed by atoms with Crippen LogP contribution in [0.2, 0.25) is 0 Å². The zero-order valence-corrected chi connectivity index (χ0v) is 19.0. The van der Waals surface area contributed by atoms with Gasteiger partial charge in [-0.1, -0.05) is 54.6 Å². The number of esters is 1. The van der Waals surface area contributed by atoms with Gasteiger partial charge in [-0.3, -0.25) is 0 Å². The predicted molar refractivity (Wildman–Crippen MR) is 127 cm³/mol. The number of methoxy groups -OCH3 is 1. The van der Waals surface area contributed by atoms with E-state index >= 15 is 0 Å². The first-order valence-corrected chi connectivity index (χ1v) is 10.9. The van der Waals surface area contributed by atoms with Gasteiger partial charge in [0.2, 0.25) is 0 Å². The van der Waals surface area contributed by atoms with Crippen molar-refractivity contribution in [1.29, 1.82) is 5.26 Å². The Balaban J connectivity index is 1.65. The van der Waals surface area contributed by atoms with Crippen molar-refractivity contribution in [3.05, 3.63) is 107 Å². The van der Waals surface area contributed by atoms with Gasteiger partial charge in [0, 0.05) is 0 Å². The van der Waals surface area contributed by atoms with Crippen LogP contribution < -0.4 is 20.1 Å². The summed E-state index contributed by atoms with van der Waals surface area (Å²) in [5.74, 6) is 0.370. The lowest BCUT2D eigenvalue weighted by molar-refractivity contribution is -0.140. The molecule has 0 radical (unpaired) electrons. The number of ether oxygens (including phenoxy) is 3. The Labute approximate surface area is 202 Å². The lowest BCUT2D eigenvalue weighted by Gasteiger charge is -2.29. The third-order valence-corrected chi connectivity index (χ3v) is 5.37. The van der Waals surface area contributed by atoms with Crippen LogP contribution >= 0.6 is 0 Å². The molecular formula is C27H23N3O5. The zero-order chi connectivity index (χ0) is 24.6. The maximum absolute atomic E-state index is 13.3. The summed E-state index contributed by atoms with van der Waals surface area (Å²) in [5, 5.41) is 14.6. The number of hydrogen-bond donors (Lipinski definition) is 2. The topological polar surface area (TPSA) is 110 Å². The van der Waals surface area contributed by atoms with Crippen molar-refractivity contribution < 1.29 is 23.8 Å². The fourth-order valence-corrected chi connectivity index (χ4v) is 3.71. The number of carbonyl (C=O) groups is 2. The molecule has 1 aliphatic rings. The fraction of sp³-hybridized carbons (Fsp3) is 0.148.